The molecule has 0 saturated carbocycles. The minimum absolute atomic E-state index is 0. The maximum atomic E-state index is 12.8. The number of amides is 1. The second-order valence-electron chi connectivity index (χ2n) is 4.48. The molecule has 96 valence electrons. The second-order valence-corrected chi connectivity index (χ2v) is 4.48. The first-order chi connectivity index (χ1) is 6.94. The van der Waals surface area contributed by atoms with Crippen LogP contribution < -0.4 is 10.6 Å². The van der Waals surface area contributed by atoms with Crippen molar-refractivity contribution in [1.82, 2.24) is 10.6 Å². The van der Waals surface area contributed by atoms with Crippen molar-refractivity contribution in [2.75, 3.05) is 20.2 Å². The molecule has 0 unspecified atom stereocenters. The van der Waals surface area contributed by atoms with Crippen LogP contribution in [0.4, 0.5) is 4.39 Å². The molecule has 1 aliphatic rings. The van der Waals surface area contributed by atoms with Gasteiger partial charge in [0.1, 0.15) is 6.17 Å². The van der Waals surface area contributed by atoms with Crippen molar-refractivity contribution in [2.24, 2.45) is 0 Å². The van der Waals surface area contributed by atoms with E-state index in [-0.39, 0.29) is 36.9 Å². The average molecular weight is 255 g/mol. The molecule has 2 atom stereocenters. The number of hydrogen-bond acceptors (Lipinski definition) is 3. The number of methoxy groups -OCH3 is 1. The summed E-state index contributed by atoms with van der Waals surface area (Å²) < 4.78 is 18.0. The topological polar surface area (TPSA) is 50.4 Å². The summed E-state index contributed by atoms with van der Waals surface area (Å²) in [6.45, 7) is 4.46. The van der Waals surface area contributed by atoms with E-state index in [1.165, 1.54) is 0 Å². The van der Waals surface area contributed by atoms with Gasteiger partial charge < -0.3 is 15.4 Å². The molecule has 4 nitrogen and oxygen atoms in total. The van der Waals surface area contributed by atoms with E-state index < -0.39 is 12.2 Å². The SMILES string of the molecule is COC(C)(C)CNC(=O)[C@H]1C[C@H](F)CN1.Cl. The summed E-state index contributed by atoms with van der Waals surface area (Å²) in [6.07, 6.45) is -0.643. The van der Waals surface area contributed by atoms with Crippen molar-refractivity contribution in [3.05, 3.63) is 0 Å². The number of carbonyl (C=O) groups excluding carboxylic acids is 1. The Bertz CT molecular complexity index is 239. The third-order valence-electron chi connectivity index (χ3n) is 2.63. The predicted molar refractivity (Wildman–Crippen MR) is 62.6 cm³/mol. The minimum Gasteiger partial charge on any atom is -0.377 e. The third kappa shape index (κ3) is 4.63. The van der Waals surface area contributed by atoms with Crippen LogP contribution in [0.2, 0.25) is 0 Å². The zero-order chi connectivity index (χ0) is 11.5. The van der Waals surface area contributed by atoms with Gasteiger partial charge in [0.2, 0.25) is 5.91 Å². The highest BCUT2D eigenvalue weighted by molar-refractivity contribution is 5.85. The molecule has 0 bridgehead atoms. The van der Waals surface area contributed by atoms with E-state index in [0.29, 0.717) is 6.54 Å². The molecule has 2 N–H and O–H groups in total. The fraction of sp³-hybridized carbons (Fsp3) is 0.900. The molecule has 1 heterocycles. The Hall–Kier alpha value is -0.390. The lowest BCUT2D eigenvalue weighted by Gasteiger charge is -2.24. The van der Waals surface area contributed by atoms with E-state index in [4.69, 9.17) is 4.74 Å². The number of ether oxygens (including phenoxy) is 1. The van der Waals surface area contributed by atoms with Crippen molar-refractivity contribution in [3.63, 3.8) is 0 Å². The molecule has 1 fully saturated rings. The first-order valence-corrected chi connectivity index (χ1v) is 5.15. The summed E-state index contributed by atoms with van der Waals surface area (Å²) in [5, 5.41) is 5.58. The first-order valence-electron chi connectivity index (χ1n) is 5.15. The van der Waals surface area contributed by atoms with E-state index in [2.05, 4.69) is 10.6 Å². The molecular weight excluding hydrogens is 235 g/mol. The van der Waals surface area contributed by atoms with Crippen LogP contribution in [0, 0.1) is 0 Å². The maximum absolute atomic E-state index is 12.8. The van der Waals surface area contributed by atoms with Crippen molar-refractivity contribution in [1.29, 1.82) is 0 Å². The molecule has 0 aromatic heterocycles. The Morgan fingerprint density at radius 1 is 1.62 bits per heavy atom. The van der Waals surface area contributed by atoms with Gasteiger partial charge in [-0.25, -0.2) is 4.39 Å². The van der Waals surface area contributed by atoms with E-state index >= 15 is 0 Å². The van der Waals surface area contributed by atoms with Crippen LogP contribution in [-0.2, 0) is 9.53 Å². The van der Waals surface area contributed by atoms with Gasteiger partial charge in [-0.15, -0.1) is 12.4 Å². The van der Waals surface area contributed by atoms with Gasteiger partial charge in [-0.3, -0.25) is 4.79 Å². The summed E-state index contributed by atoms with van der Waals surface area (Å²) in [6, 6.07) is -0.396. The standard InChI is InChI=1S/C10H19FN2O2.ClH/c1-10(2,15-3)6-13-9(14)8-4-7(11)5-12-8;/h7-8,12H,4-6H2,1-3H3,(H,13,14);1H/t7-,8+;/m0./s1. The summed E-state index contributed by atoms with van der Waals surface area (Å²) in [5.41, 5.74) is -0.386. The lowest BCUT2D eigenvalue weighted by atomic mass is 10.1. The van der Waals surface area contributed by atoms with Gasteiger partial charge in [0.25, 0.3) is 0 Å². The summed E-state index contributed by atoms with van der Waals surface area (Å²) in [4.78, 5) is 11.6. The average Bonchev–Trinajstić information content (AvgIpc) is 2.61. The van der Waals surface area contributed by atoms with Crippen LogP contribution in [0.25, 0.3) is 0 Å². The van der Waals surface area contributed by atoms with Crippen molar-refractivity contribution < 1.29 is 13.9 Å². The van der Waals surface area contributed by atoms with Gasteiger partial charge in [-0.1, -0.05) is 0 Å². The second kappa shape index (κ2) is 6.37. The number of hydrogen-bond donors (Lipinski definition) is 2. The quantitative estimate of drug-likeness (QED) is 0.775. The highest BCUT2D eigenvalue weighted by Crippen LogP contribution is 2.10. The van der Waals surface area contributed by atoms with E-state index in [9.17, 15) is 9.18 Å². The third-order valence-corrected chi connectivity index (χ3v) is 2.63. The van der Waals surface area contributed by atoms with E-state index in [1.54, 1.807) is 7.11 Å². The molecule has 0 spiro atoms. The molecule has 1 aliphatic heterocycles. The van der Waals surface area contributed by atoms with Crippen LogP contribution in [0.3, 0.4) is 0 Å². The van der Waals surface area contributed by atoms with Gasteiger partial charge in [-0.2, -0.15) is 0 Å². The van der Waals surface area contributed by atoms with Crippen LogP contribution in [0.1, 0.15) is 20.3 Å². The molecule has 0 aliphatic carbocycles. The van der Waals surface area contributed by atoms with Crippen LogP contribution in [0.15, 0.2) is 0 Å². The molecule has 1 rings (SSSR count). The Labute approximate surface area is 102 Å². The Morgan fingerprint density at radius 2 is 2.25 bits per heavy atom. The van der Waals surface area contributed by atoms with Crippen LogP contribution >= 0.6 is 12.4 Å². The van der Waals surface area contributed by atoms with Crippen molar-refractivity contribution in [2.45, 2.75) is 38.1 Å². The maximum Gasteiger partial charge on any atom is 0.237 e. The summed E-state index contributed by atoms with van der Waals surface area (Å²) in [5.74, 6) is -0.153. The molecule has 1 amide bonds. The first kappa shape index (κ1) is 15.6. The Kier molecular flexibility index (Phi) is 6.22. The highest BCUT2D eigenvalue weighted by Gasteiger charge is 2.30. The fourth-order valence-corrected chi connectivity index (χ4v) is 1.39. The monoisotopic (exact) mass is 254 g/mol. The lowest BCUT2D eigenvalue weighted by Crippen LogP contribution is -2.46. The minimum atomic E-state index is -0.906. The Morgan fingerprint density at radius 3 is 2.69 bits per heavy atom. The smallest absolute Gasteiger partial charge is 0.237 e. The molecule has 1 saturated heterocycles. The highest BCUT2D eigenvalue weighted by atomic mass is 35.5. The van der Waals surface area contributed by atoms with E-state index in [0.717, 1.165) is 0 Å². The molecule has 6 heteroatoms. The van der Waals surface area contributed by atoms with Crippen LogP contribution in [0.5, 0.6) is 0 Å². The molecule has 0 aromatic carbocycles. The number of nitrogens with one attached hydrogen (secondary N) is 2. The fourth-order valence-electron chi connectivity index (χ4n) is 1.39. The normalized spacial score (nSPS) is 25.0. The number of halogens is 2. The Balaban J connectivity index is 0.00000225. The molecule has 0 aromatic rings. The molecule has 0 radical (unpaired) electrons. The largest absolute Gasteiger partial charge is 0.377 e. The summed E-state index contributed by atoms with van der Waals surface area (Å²) >= 11 is 0. The van der Waals surface area contributed by atoms with E-state index in [1.807, 2.05) is 13.8 Å². The zero-order valence-corrected chi connectivity index (χ0v) is 10.7. The van der Waals surface area contributed by atoms with Crippen molar-refractivity contribution >= 4 is 18.3 Å². The lowest BCUT2D eigenvalue weighted by molar-refractivity contribution is -0.124. The van der Waals surface area contributed by atoms with Gasteiger partial charge in [0, 0.05) is 26.6 Å². The van der Waals surface area contributed by atoms with Gasteiger partial charge in [0.15, 0.2) is 0 Å². The van der Waals surface area contributed by atoms with Gasteiger partial charge in [0.05, 0.1) is 11.6 Å². The molecular formula is C10H20ClFN2O2. The zero-order valence-electron chi connectivity index (χ0n) is 9.88. The number of alkyl halides is 1. The summed E-state index contributed by atoms with van der Waals surface area (Å²) in [7, 11) is 1.59. The number of carbonyl (C=O) groups is 1. The molecule has 16 heavy (non-hydrogen) atoms. The van der Waals surface area contributed by atoms with Crippen LogP contribution in [-0.4, -0.2) is 43.9 Å². The van der Waals surface area contributed by atoms with Gasteiger partial charge in [-0.05, 0) is 13.8 Å². The predicted octanol–water partition coefficient (Wildman–Crippen LogP) is 0.649. The van der Waals surface area contributed by atoms with Crippen molar-refractivity contribution in [3.8, 4) is 0 Å². The van der Waals surface area contributed by atoms with Gasteiger partial charge >= 0.3 is 0 Å². The number of rotatable bonds is 4.